The van der Waals surface area contributed by atoms with Crippen LogP contribution >= 0.6 is 0 Å². The van der Waals surface area contributed by atoms with Crippen molar-refractivity contribution < 1.29 is 19.4 Å². The SMILES string of the molecule is C=C(CC(NC(=O)OCc1ccccc1)C(=O)O)c1ccccc1. The maximum Gasteiger partial charge on any atom is 0.408 e. The van der Waals surface area contributed by atoms with Crippen LogP contribution in [-0.4, -0.2) is 23.2 Å². The van der Waals surface area contributed by atoms with Crippen LogP contribution in [0.25, 0.3) is 5.57 Å². The van der Waals surface area contributed by atoms with Gasteiger partial charge in [0.1, 0.15) is 12.6 Å². The minimum Gasteiger partial charge on any atom is -0.480 e. The van der Waals surface area contributed by atoms with E-state index in [-0.39, 0.29) is 13.0 Å². The predicted octanol–water partition coefficient (Wildman–Crippen LogP) is 3.47. The van der Waals surface area contributed by atoms with E-state index in [1.807, 2.05) is 60.7 Å². The summed E-state index contributed by atoms with van der Waals surface area (Å²) in [6.45, 7) is 3.97. The molecular weight excluding hydrogens is 306 g/mol. The summed E-state index contributed by atoms with van der Waals surface area (Å²) < 4.78 is 5.05. The lowest BCUT2D eigenvalue weighted by molar-refractivity contribution is -0.139. The highest BCUT2D eigenvalue weighted by molar-refractivity contribution is 5.82. The van der Waals surface area contributed by atoms with Gasteiger partial charge in [-0.3, -0.25) is 0 Å². The molecule has 5 heteroatoms. The number of carbonyl (C=O) groups is 2. The first-order valence-electron chi connectivity index (χ1n) is 7.49. The van der Waals surface area contributed by atoms with Crippen LogP contribution in [0.4, 0.5) is 4.79 Å². The lowest BCUT2D eigenvalue weighted by Gasteiger charge is -2.16. The fourth-order valence-electron chi connectivity index (χ4n) is 2.15. The van der Waals surface area contributed by atoms with Crippen molar-refractivity contribution in [2.45, 2.75) is 19.1 Å². The van der Waals surface area contributed by atoms with Gasteiger partial charge in [0.25, 0.3) is 0 Å². The van der Waals surface area contributed by atoms with Gasteiger partial charge in [0.05, 0.1) is 0 Å². The van der Waals surface area contributed by atoms with Crippen molar-refractivity contribution >= 4 is 17.6 Å². The molecule has 0 aliphatic carbocycles. The smallest absolute Gasteiger partial charge is 0.408 e. The molecule has 2 N–H and O–H groups in total. The Bertz CT molecular complexity index is 698. The molecule has 124 valence electrons. The van der Waals surface area contributed by atoms with E-state index in [0.717, 1.165) is 11.1 Å². The summed E-state index contributed by atoms with van der Waals surface area (Å²) in [7, 11) is 0. The molecule has 0 aromatic heterocycles. The minimum atomic E-state index is -1.14. The number of amides is 1. The van der Waals surface area contributed by atoms with Crippen LogP contribution in [0.3, 0.4) is 0 Å². The Labute approximate surface area is 140 Å². The van der Waals surface area contributed by atoms with Gasteiger partial charge in [-0.25, -0.2) is 9.59 Å². The number of rotatable bonds is 7. The summed E-state index contributed by atoms with van der Waals surface area (Å²) in [5.41, 5.74) is 2.29. The number of alkyl carbamates (subject to hydrolysis) is 1. The molecule has 24 heavy (non-hydrogen) atoms. The van der Waals surface area contributed by atoms with Crippen LogP contribution < -0.4 is 5.32 Å². The van der Waals surface area contributed by atoms with Crippen molar-refractivity contribution in [3.63, 3.8) is 0 Å². The van der Waals surface area contributed by atoms with E-state index in [1.54, 1.807) is 0 Å². The molecule has 0 saturated carbocycles. The van der Waals surface area contributed by atoms with Crippen molar-refractivity contribution in [1.29, 1.82) is 0 Å². The Morgan fingerprint density at radius 1 is 1.04 bits per heavy atom. The molecule has 0 aliphatic heterocycles. The van der Waals surface area contributed by atoms with Gasteiger partial charge in [-0.05, 0) is 16.7 Å². The van der Waals surface area contributed by atoms with Gasteiger partial charge in [-0.1, -0.05) is 67.2 Å². The number of carbonyl (C=O) groups excluding carboxylic acids is 1. The maximum atomic E-state index is 11.8. The Morgan fingerprint density at radius 3 is 2.21 bits per heavy atom. The maximum absolute atomic E-state index is 11.8. The van der Waals surface area contributed by atoms with E-state index in [2.05, 4.69) is 11.9 Å². The lowest BCUT2D eigenvalue weighted by Crippen LogP contribution is -2.41. The number of benzene rings is 2. The number of hydrogen-bond acceptors (Lipinski definition) is 3. The predicted molar refractivity (Wildman–Crippen MR) is 91.3 cm³/mol. The highest BCUT2D eigenvalue weighted by atomic mass is 16.5. The molecule has 0 fully saturated rings. The van der Waals surface area contributed by atoms with Crippen molar-refractivity contribution in [2.75, 3.05) is 0 Å². The molecule has 0 saturated heterocycles. The number of carboxylic acids is 1. The van der Waals surface area contributed by atoms with Crippen LogP contribution in [0.2, 0.25) is 0 Å². The molecule has 0 spiro atoms. The normalized spacial score (nSPS) is 11.3. The first-order chi connectivity index (χ1) is 11.6. The molecule has 0 aliphatic rings. The molecule has 1 unspecified atom stereocenters. The van der Waals surface area contributed by atoms with E-state index >= 15 is 0 Å². The largest absolute Gasteiger partial charge is 0.480 e. The average molecular weight is 325 g/mol. The third-order valence-electron chi connectivity index (χ3n) is 3.44. The molecule has 0 bridgehead atoms. The zero-order valence-corrected chi connectivity index (χ0v) is 13.1. The minimum absolute atomic E-state index is 0.0820. The Hall–Kier alpha value is -3.08. The summed E-state index contributed by atoms with van der Waals surface area (Å²) in [4.78, 5) is 23.2. The van der Waals surface area contributed by atoms with Gasteiger partial charge in [-0.15, -0.1) is 0 Å². The summed E-state index contributed by atoms with van der Waals surface area (Å²) in [5.74, 6) is -1.14. The molecule has 1 amide bonds. The van der Waals surface area contributed by atoms with Crippen LogP contribution in [0.5, 0.6) is 0 Å². The standard InChI is InChI=1S/C19H19NO4/c1-14(16-10-6-3-7-11-16)12-17(18(21)22)20-19(23)24-13-15-8-4-2-5-9-15/h2-11,17H,1,12-13H2,(H,20,23)(H,21,22). The number of ether oxygens (including phenoxy) is 1. The van der Waals surface area contributed by atoms with Crippen molar-refractivity contribution in [2.24, 2.45) is 0 Å². The van der Waals surface area contributed by atoms with Crippen molar-refractivity contribution in [3.8, 4) is 0 Å². The summed E-state index contributed by atoms with van der Waals surface area (Å²) in [5, 5.41) is 11.7. The molecule has 2 aromatic rings. The van der Waals surface area contributed by atoms with Crippen LogP contribution in [-0.2, 0) is 16.1 Å². The van der Waals surface area contributed by atoms with Gasteiger partial charge >= 0.3 is 12.1 Å². The molecule has 5 nitrogen and oxygen atoms in total. The quantitative estimate of drug-likeness (QED) is 0.817. The van der Waals surface area contributed by atoms with Crippen molar-refractivity contribution in [3.05, 3.63) is 78.4 Å². The average Bonchev–Trinajstić information content (AvgIpc) is 2.61. The van der Waals surface area contributed by atoms with Gasteiger partial charge in [0, 0.05) is 6.42 Å². The fourth-order valence-corrected chi connectivity index (χ4v) is 2.15. The molecule has 0 heterocycles. The Kier molecular flexibility index (Phi) is 6.14. The highest BCUT2D eigenvalue weighted by Gasteiger charge is 2.22. The monoisotopic (exact) mass is 325 g/mol. The zero-order chi connectivity index (χ0) is 17.4. The first kappa shape index (κ1) is 17.3. The second-order valence-corrected chi connectivity index (χ2v) is 5.27. The van der Waals surface area contributed by atoms with Crippen LogP contribution in [0, 0.1) is 0 Å². The van der Waals surface area contributed by atoms with Crippen LogP contribution in [0.15, 0.2) is 67.2 Å². The first-order valence-corrected chi connectivity index (χ1v) is 7.49. The summed E-state index contributed by atoms with van der Waals surface area (Å²) in [6, 6.07) is 17.3. The molecule has 2 rings (SSSR count). The van der Waals surface area contributed by atoms with Gasteiger partial charge in [-0.2, -0.15) is 0 Å². The lowest BCUT2D eigenvalue weighted by atomic mass is 10.0. The van der Waals surface area contributed by atoms with Gasteiger partial charge < -0.3 is 15.2 Å². The van der Waals surface area contributed by atoms with Crippen LogP contribution in [0.1, 0.15) is 17.5 Å². The summed E-state index contributed by atoms with van der Waals surface area (Å²) >= 11 is 0. The number of nitrogens with one attached hydrogen (secondary N) is 1. The summed E-state index contributed by atoms with van der Waals surface area (Å²) in [6.07, 6.45) is -0.674. The second-order valence-electron chi connectivity index (χ2n) is 5.27. The molecule has 0 radical (unpaired) electrons. The Balaban J connectivity index is 1.89. The van der Waals surface area contributed by atoms with E-state index < -0.39 is 18.1 Å². The molecular formula is C19H19NO4. The third-order valence-corrected chi connectivity index (χ3v) is 3.44. The molecule has 2 aromatic carbocycles. The van der Waals surface area contributed by atoms with E-state index in [1.165, 1.54) is 0 Å². The van der Waals surface area contributed by atoms with E-state index in [4.69, 9.17) is 4.74 Å². The van der Waals surface area contributed by atoms with Gasteiger partial charge in [0.2, 0.25) is 0 Å². The number of hydrogen-bond donors (Lipinski definition) is 2. The zero-order valence-electron chi connectivity index (χ0n) is 13.1. The molecule has 1 atom stereocenters. The van der Waals surface area contributed by atoms with E-state index in [9.17, 15) is 14.7 Å². The van der Waals surface area contributed by atoms with Crippen molar-refractivity contribution in [1.82, 2.24) is 5.32 Å². The Morgan fingerprint density at radius 2 is 1.62 bits per heavy atom. The van der Waals surface area contributed by atoms with Gasteiger partial charge in [0.15, 0.2) is 0 Å². The fraction of sp³-hybridized carbons (Fsp3) is 0.158. The second kappa shape index (κ2) is 8.53. The number of carboxylic acid groups (broad SMARTS) is 1. The topological polar surface area (TPSA) is 75.6 Å². The third kappa shape index (κ3) is 5.28. The highest BCUT2D eigenvalue weighted by Crippen LogP contribution is 2.17. The van der Waals surface area contributed by atoms with E-state index in [0.29, 0.717) is 5.57 Å². The number of aliphatic carboxylic acids is 1.